The fraction of sp³-hybridized carbons (Fsp3) is 0.700. The van der Waals surface area contributed by atoms with Crippen LogP contribution >= 0.6 is 11.6 Å². The molecular formula is C20H29ClN2O3S. The first-order valence-electron chi connectivity index (χ1n) is 10.0. The van der Waals surface area contributed by atoms with Crippen LogP contribution in [0.5, 0.6) is 5.75 Å². The summed E-state index contributed by atoms with van der Waals surface area (Å²) in [7, 11) is -1.51. The Morgan fingerprint density at radius 1 is 1.30 bits per heavy atom. The zero-order chi connectivity index (χ0) is 19.0. The third-order valence-electron chi connectivity index (χ3n) is 6.53. The number of nitrogens with zero attached hydrogens (tertiary/aromatic N) is 2. The lowest BCUT2D eigenvalue weighted by atomic mass is 9.77. The predicted octanol–water partition coefficient (Wildman–Crippen LogP) is 3.04. The van der Waals surface area contributed by atoms with E-state index in [2.05, 4.69) is 17.0 Å². The highest BCUT2D eigenvalue weighted by molar-refractivity contribution is 7.89. The number of benzene rings is 1. The lowest BCUT2D eigenvalue weighted by Gasteiger charge is -2.51. The van der Waals surface area contributed by atoms with E-state index in [1.54, 1.807) is 7.11 Å². The number of methoxy groups -OCH3 is 1. The van der Waals surface area contributed by atoms with Crippen molar-refractivity contribution >= 4 is 21.6 Å². The van der Waals surface area contributed by atoms with Gasteiger partial charge in [-0.15, -0.1) is 11.6 Å². The second-order valence-electron chi connectivity index (χ2n) is 7.96. The highest BCUT2D eigenvalue weighted by Gasteiger charge is 2.45. The lowest BCUT2D eigenvalue weighted by molar-refractivity contribution is 0.0217. The Kier molecular flexibility index (Phi) is 5.70. The number of hydrogen-bond donors (Lipinski definition) is 0. The van der Waals surface area contributed by atoms with Gasteiger partial charge < -0.3 is 4.74 Å². The minimum Gasteiger partial charge on any atom is -0.496 e. The number of sulfonamides is 1. The van der Waals surface area contributed by atoms with E-state index in [1.165, 1.54) is 11.1 Å². The molecule has 4 rings (SSSR count). The molecule has 0 N–H and O–H groups in total. The van der Waals surface area contributed by atoms with Crippen molar-refractivity contribution in [1.29, 1.82) is 0 Å². The van der Waals surface area contributed by atoms with Crippen LogP contribution in [0.15, 0.2) is 18.2 Å². The van der Waals surface area contributed by atoms with E-state index in [0.29, 0.717) is 24.8 Å². The fourth-order valence-corrected chi connectivity index (χ4v) is 7.43. The van der Waals surface area contributed by atoms with Crippen LogP contribution < -0.4 is 4.74 Å². The number of fused-ring (bicyclic) bond motifs is 4. The van der Waals surface area contributed by atoms with Gasteiger partial charge in [-0.05, 0) is 49.7 Å². The molecule has 3 aliphatic rings. The molecule has 0 radical (unpaired) electrons. The van der Waals surface area contributed by atoms with Crippen molar-refractivity contribution in [2.24, 2.45) is 5.92 Å². The second kappa shape index (κ2) is 7.90. The van der Waals surface area contributed by atoms with Gasteiger partial charge in [-0.3, -0.25) is 4.90 Å². The maximum absolute atomic E-state index is 12.9. The van der Waals surface area contributed by atoms with Crippen molar-refractivity contribution < 1.29 is 13.2 Å². The Bertz CT molecular complexity index is 785. The van der Waals surface area contributed by atoms with E-state index in [1.807, 2.05) is 10.4 Å². The highest BCUT2D eigenvalue weighted by atomic mass is 35.5. The van der Waals surface area contributed by atoms with Crippen molar-refractivity contribution in [3.05, 3.63) is 29.3 Å². The van der Waals surface area contributed by atoms with E-state index in [0.717, 1.165) is 44.5 Å². The number of rotatable bonds is 5. The van der Waals surface area contributed by atoms with Gasteiger partial charge in [-0.2, -0.15) is 4.31 Å². The second-order valence-corrected chi connectivity index (χ2v) is 10.4. The first kappa shape index (κ1) is 19.5. The van der Waals surface area contributed by atoms with Crippen molar-refractivity contribution in [3.8, 4) is 5.75 Å². The molecule has 3 heterocycles. The van der Waals surface area contributed by atoms with Gasteiger partial charge in [0.2, 0.25) is 10.0 Å². The molecule has 0 amide bonds. The highest BCUT2D eigenvalue weighted by Crippen LogP contribution is 2.45. The van der Waals surface area contributed by atoms with Gasteiger partial charge in [-0.1, -0.05) is 12.1 Å². The van der Waals surface area contributed by atoms with Crippen LogP contribution in [-0.4, -0.2) is 62.0 Å². The molecule has 7 heteroatoms. The van der Waals surface area contributed by atoms with Crippen molar-refractivity contribution in [2.75, 3.05) is 38.4 Å². The van der Waals surface area contributed by atoms with Crippen LogP contribution in [0.3, 0.4) is 0 Å². The zero-order valence-electron chi connectivity index (χ0n) is 15.9. The molecule has 1 aromatic rings. The van der Waals surface area contributed by atoms with Crippen LogP contribution in [-0.2, 0) is 16.4 Å². The molecule has 1 aromatic carbocycles. The molecule has 0 spiro atoms. The van der Waals surface area contributed by atoms with Crippen molar-refractivity contribution in [2.45, 2.75) is 44.2 Å². The van der Waals surface area contributed by atoms with Crippen LogP contribution in [0, 0.1) is 5.92 Å². The summed E-state index contributed by atoms with van der Waals surface area (Å²) in [6.45, 7) is 2.68. The largest absolute Gasteiger partial charge is 0.496 e. The summed E-state index contributed by atoms with van der Waals surface area (Å²) in [4.78, 5) is 2.57. The fourth-order valence-electron chi connectivity index (χ4n) is 5.31. The average molecular weight is 413 g/mol. The Balaban J connectivity index is 1.63. The minimum atomic E-state index is -3.24. The van der Waals surface area contributed by atoms with Crippen LogP contribution in [0.1, 0.15) is 42.9 Å². The molecule has 0 aliphatic carbocycles. The summed E-state index contributed by atoms with van der Waals surface area (Å²) >= 11 is 5.76. The summed E-state index contributed by atoms with van der Waals surface area (Å²) in [5.74, 6) is 1.96. The number of halogens is 1. The molecule has 3 aliphatic heterocycles. The van der Waals surface area contributed by atoms with E-state index in [9.17, 15) is 8.42 Å². The molecule has 2 fully saturated rings. The van der Waals surface area contributed by atoms with Gasteiger partial charge in [0, 0.05) is 43.2 Å². The summed E-state index contributed by atoms with van der Waals surface area (Å²) in [5, 5.41) is 0. The number of piperidine rings is 2. The van der Waals surface area contributed by atoms with E-state index in [-0.39, 0.29) is 17.8 Å². The Morgan fingerprint density at radius 3 is 2.93 bits per heavy atom. The summed E-state index contributed by atoms with van der Waals surface area (Å²) < 4.78 is 33.3. The first-order chi connectivity index (χ1) is 13.0. The number of ether oxygens (including phenoxy) is 1. The monoisotopic (exact) mass is 412 g/mol. The van der Waals surface area contributed by atoms with Crippen LogP contribution in [0.4, 0.5) is 0 Å². The summed E-state index contributed by atoms with van der Waals surface area (Å²) in [5.41, 5.74) is 2.62. The van der Waals surface area contributed by atoms with Gasteiger partial charge in [0.15, 0.2) is 0 Å². The third-order valence-corrected chi connectivity index (χ3v) is 8.77. The van der Waals surface area contributed by atoms with Crippen LogP contribution in [0.25, 0.3) is 0 Å². The van der Waals surface area contributed by atoms with Gasteiger partial charge in [0.05, 0.1) is 12.9 Å². The molecule has 0 aromatic heterocycles. The topological polar surface area (TPSA) is 49.9 Å². The Morgan fingerprint density at radius 2 is 2.15 bits per heavy atom. The summed E-state index contributed by atoms with van der Waals surface area (Å²) in [6.07, 6.45) is 4.49. The molecule has 2 saturated heterocycles. The summed E-state index contributed by atoms with van der Waals surface area (Å²) in [6, 6.07) is 6.68. The standard InChI is InChI=1S/C20H29ClN2O3S/c1-26-20-7-2-6-16-17(20)8-11-22-14-15-5-3-10-23(18(15)13-19(16)22)27(24,25)12-4-9-21/h2,6-7,15,18-19H,3-5,8-14H2,1H3/t15-,18+,19+/m1/s1. The van der Waals surface area contributed by atoms with E-state index >= 15 is 0 Å². The molecule has 5 nitrogen and oxygen atoms in total. The number of alkyl halides is 1. The van der Waals surface area contributed by atoms with E-state index in [4.69, 9.17) is 16.3 Å². The van der Waals surface area contributed by atoms with Crippen LogP contribution in [0.2, 0.25) is 0 Å². The first-order valence-corrected chi connectivity index (χ1v) is 12.1. The Hall–Kier alpha value is -0.820. The third kappa shape index (κ3) is 3.61. The Labute approximate surface area is 167 Å². The van der Waals surface area contributed by atoms with Gasteiger partial charge in [-0.25, -0.2) is 8.42 Å². The molecule has 0 unspecified atom stereocenters. The predicted molar refractivity (Wildman–Crippen MR) is 108 cm³/mol. The van der Waals surface area contributed by atoms with Gasteiger partial charge in [0.25, 0.3) is 0 Å². The molecular weight excluding hydrogens is 384 g/mol. The van der Waals surface area contributed by atoms with Crippen molar-refractivity contribution in [3.63, 3.8) is 0 Å². The average Bonchev–Trinajstić information content (AvgIpc) is 2.69. The normalized spacial score (nSPS) is 28.9. The van der Waals surface area contributed by atoms with Gasteiger partial charge >= 0.3 is 0 Å². The molecule has 150 valence electrons. The number of hydrogen-bond acceptors (Lipinski definition) is 4. The molecule has 3 atom stereocenters. The zero-order valence-corrected chi connectivity index (χ0v) is 17.5. The quantitative estimate of drug-likeness (QED) is 0.697. The maximum atomic E-state index is 12.9. The molecule has 0 saturated carbocycles. The molecule has 27 heavy (non-hydrogen) atoms. The lowest BCUT2D eigenvalue weighted by Crippen LogP contribution is -2.57. The minimum absolute atomic E-state index is 0.109. The van der Waals surface area contributed by atoms with Crippen molar-refractivity contribution in [1.82, 2.24) is 9.21 Å². The van der Waals surface area contributed by atoms with Gasteiger partial charge in [0.1, 0.15) is 5.75 Å². The smallest absolute Gasteiger partial charge is 0.214 e. The van der Waals surface area contributed by atoms with E-state index < -0.39 is 10.0 Å². The molecule has 0 bridgehead atoms. The SMILES string of the molecule is COc1cccc2c1CCN1C[C@H]3CCCN(S(=O)(=O)CCCCl)[C@H]3C[C@@H]21. The maximum Gasteiger partial charge on any atom is 0.214 e.